The molecule has 154 valence electrons. The van der Waals surface area contributed by atoms with E-state index in [2.05, 4.69) is 58.7 Å². The average molecular weight is 388 g/mol. The Bertz CT molecular complexity index is 700. The molecule has 1 aromatic heterocycles. The molecule has 0 saturated carbocycles. The third kappa shape index (κ3) is 8.08. The SMILES string of the molecule is CN=C(NCCCc1nc(C(C)C)no1)NCC(C)COCc1ccccc1. The molecule has 1 unspecified atom stereocenters. The highest BCUT2D eigenvalue weighted by molar-refractivity contribution is 5.79. The van der Waals surface area contributed by atoms with Gasteiger partial charge in [0.2, 0.25) is 5.89 Å². The summed E-state index contributed by atoms with van der Waals surface area (Å²) in [7, 11) is 1.78. The predicted octanol–water partition coefficient (Wildman–Crippen LogP) is 3.14. The maximum Gasteiger partial charge on any atom is 0.226 e. The van der Waals surface area contributed by atoms with Crippen molar-refractivity contribution in [3.05, 3.63) is 47.6 Å². The Morgan fingerprint density at radius 1 is 1.18 bits per heavy atom. The van der Waals surface area contributed by atoms with E-state index in [0.29, 0.717) is 25.0 Å². The molecule has 0 bridgehead atoms. The summed E-state index contributed by atoms with van der Waals surface area (Å²) in [5.41, 5.74) is 1.20. The predicted molar refractivity (Wildman–Crippen MR) is 111 cm³/mol. The molecular formula is C21H33N5O2. The number of guanidine groups is 1. The number of nitrogens with zero attached hydrogens (tertiary/aromatic N) is 3. The van der Waals surface area contributed by atoms with Crippen molar-refractivity contribution in [2.75, 3.05) is 26.7 Å². The van der Waals surface area contributed by atoms with E-state index in [1.54, 1.807) is 7.05 Å². The van der Waals surface area contributed by atoms with E-state index in [0.717, 1.165) is 37.7 Å². The Morgan fingerprint density at radius 3 is 2.64 bits per heavy atom. The number of nitrogens with one attached hydrogen (secondary N) is 2. The lowest BCUT2D eigenvalue weighted by molar-refractivity contribution is 0.0931. The van der Waals surface area contributed by atoms with Gasteiger partial charge < -0.3 is 19.9 Å². The van der Waals surface area contributed by atoms with Gasteiger partial charge in [0.15, 0.2) is 11.8 Å². The number of ether oxygens (including phenoxy) is 1. The summed E-state index contributed by atoms with van der Waals surface area (Å²) < 4.78 is 11.0. The molecular weight excluding hydrogens is 354 g/mol. The number of rotatable bonds is 11. The topological polar surface area (TPSA) is 84.6 Å². The molecule has 0 spiro atoms. The number of hydrogen-bond donors (Lipinski definition) is 2. The molecule has 0 aliphatic heterocycles. The molecule has 2 aromatic rings. The fraction of sp³-hybridized carbons (Fsp3) is 0.571. The first-order valence-electron chi connectivity index (χ1n) is 9.97. The summed E-state index contributed by atoms with van der Waals surface area (Å²) in [4.78, 5) is 8.65. The highest BCUT2D eigenvalue weighted by Gasteiger charge is 2.09. The van der Waals surface area contributed by atoms with Crippen molar-refractivity contribution < 1.29 is 9.26 Å². The molecule has 0 aliphatic rings. The zero-order valence-electron chi connectivity index (χ0n) is 17.4. The van der Waals surface area contributed by atoms with Crippen LogP contribution in [0.4, 0.5) is 0 Å². The number of aryl methyl sites for hydroxylation is 1. The standard InChI is InChI=1S/C21H33N5O2/c1-16(2)20-25-19(28-26-20)11-8-12-23-21(22-4)24-13-17(3)14-27-15-18-9-6-5-7-10-18/h5-7,9-10,16-17H,8,11-15H2,1-4H3,(H2,22,23,24). The molecule has 0 aliphatic carbocycles. The van der Waals surface area contributed by atoms with Crippen molar-refractivity contribution in [3.8, 4) is 0 Å². The highest BCUT2D eigenvalue weighted by atomic mass is 16.5. The van der Waals surface area contributed by atoms with Crippen LogP contribution in [-0.2, 0) is 17.8 Å². The second-order valence-corrected chi connectivity index (χ2v) is 7.29. The van der Waals surface area contributed by atoms with E-state index in [1.165, 1.54) is 5.56 Å². The molecule has 28 heavy (non-hydrogen) atoms. The van der Waals surface area contributed by atoms with Gasteiger partial charge in [-0.05, 0) is 17.9 Å². The van der Waals surface area contributed by atoms with Gasteiger partial charge in [-0.1, -0.05) is 56.3 Å². The normalized spacial score (nSPS) is 13.0. The summed E-state index contributed by atoms with van der Waals surface area (Å²) in [5, 5.41) is 10.6. The van der Waals surface area contributed by atoms with Crippen molar-refractivity contribution in [2.45, 2.75) is 46.1 Å². The number of hydrogen-bond acceptors (Lipinski definition) is 5. The van der Waals surface area contributed by atoms with Crippen LogP contribution in [0.5, 0.6) is 0 Å². The average Bonchev–Trinajstić information content (AvgIpc) is 3.17. The van der Waals surface area contributed by atoms with Crippen molar-refractivity contribution in [1.82, 2.24) is 20.8 Å². The van der Waals surface area contributed by atoms with Crippen molar-refractivity contribution in [1.29, 1.82) is 0 Å². The summed E-state index contributed by atoms with van der Waals surface area (Å²) in [5.74, 6) is 2.93. The quantitative estimate of drug-likeness (QED) is 0.350. The van der Waals surface area contributed by atoms with Crippen molar-refractivity contribution >= 4 is 5.96 Å². The third-order valence-corrected chi connectivity index (χ3v) is 4.22. The van der Waals surface area contributed by atoms with Crippen LogP contribution in [-0.4, -0.2) is 42.8 Å². The van der Waals surface area contributed by atoms with Crippen molar-refractivity contribution in [3.63, 3.8) is 0 Å². The van der Waals surface area contributed by atoms with E-state index < -0.39 is 0 Å². The summed E-state index contributed by atoms with van der Waals surface area (Å²) in [6.07, 6.45) is 1.66. The molecule has 7 nitrogen and oxygen atoms in total. The third-order valence-electron chi connectivity index (χ3n) is 4.22. The molecule has 7 heteroatoms. The van der Waals surface area contributed by atoms with Gasteiger partial charge >= 0.3 is 0 Å². The minimum atomic E-state index is 0.289. The Hall–Kier alpha value is -2.41. The molecule has 0 amide bonds. The molecule has 2 N–H and O–H groups in total. The zero-order chi connectivity index (χ0) is 20.2. The van der Waals surface area contributed by atoms with Gasteiger partial charge in [-0.3, -0.25) is 4.99 Å². The fourth-order valence-corrected chi connectivity index (χ4v) is 2.55. The van der Waals surface area contributed by atoms with Crippen LogP contribution >= 0.6 is 0 Å². The number of aromatic nitrogens is 2. The smallest absolute Gasteiger partial charge is 0.226 e. The molecule has 1 aromatic carbocycles. The maximum atomic E-state index is 5.79. The van der Waals surface area contributed by atoms with Gasteiger partial charge in [0.05, 0.1) is 13.2 Å². The van der Waals surface area contributed by atoms with Gasteiger partial charge in [0, 0.05) is 32.5 Å². The second kappa shape index (κ2) is 12.1. The molecule has 1 atom stereocenters. The minimum absolute atomic E-state index is 0.289. The molecule has 0 saturated heterocycles. The largest absolute Gasteiger partial charge is 0.376 e. The summed E-state index contributed by atoms with van der Waals surface area (Å²) >= 11 is 0. The summed E-state index contributed by atoms with van der Waals surface area (Å²) in [6, 6.07) is 10.2. The van der Waals surface area contributed by atoms with Crippen LogP contribution in [0, 0.1) is 5.92 Å². The monoisotopic (exact) mass is 387 g/mol. The second-order valence-electron chi connectivity index (χ2n) is 7.29. The van der Waals surface area contributed by atoms with Crippen LogP contribution in [0.3, 0.4) is 0 Å². The van der Waals surface area contributed by atoms with Crippen LogP contribution < -0.4 is 10.6 Å². The van der Waals surface area contributed by atoms with Crippen LogP contribution in [0.1, 0.15) is 50.4 Å². The Kier molecular flexibility index (Phi) is 9.48. The number of aliphatic imine (C=N–C) groups is 1. The summed E-state index contributed by atoms with van der Waals surface area (Å²) in [6.45, 7) is 9.21. The molecule has 0 fully saturated rings. The fourth-order valence-electron chi connectivity index (χ4n) is 2.55. The molecule has 2 rings (SSSR count). The van der Waals surface area contributed by atoms with Gasteiger partial charge in [-0.2, -0.15) is 4.98 Å². The lowest BCUT2D eigenvalue weighted by atomic mass is 10.2. The highest BCUT2D eigenvalue weighted by Crippen LogP contribution is 2.10. The van der Waals surface area contributed by atoms with Crippen LogP contribution in [0.2, 0.25) is 0 Å². The zero-order valence-corrected chi connectivity index (χ0v) is 17.4. The lowest BCUT2D eigenvalue weighted by Crippen LogP contribution is -2.40. The lowest BCUT2D eigenvalue weighted by Gasteiger charge is -2.16. The van der Waals surface area contributed by atoms with Crippen LogP contribution in [0.25, 0.3) is 0 Å². The Labute approximate surface area is 168 Å². The Morgan fingerprint density at radius 2 is 1.96 bits per heavy atom. The first-order chi connectivity index (χ1) is 13.6. The van der Waals surface area contributed by atoms with E-state index in [9.17, 15) is 0 Å². The van der Waals surface area contributed by atoms with E-state index in [1.807, 2.05) is 18.2 Å². The van der Waals surface area contributed by atoms with Gasteiger partial charge in [0.25, 0.3) is 0 Å². The van der Waals surface area contributed by atoms with E-state index >= 15 is 0 Å². The minimum Gasteiger partial charge on any atom is -0.376 e. The first kappa shape index (κ1) is 21.9. The van der Waals surface area contributed by atoms with Crippen molar-refractivity contribution in [2.24, 2.45) is 10.9 Å². The molecule has 0 radical (unpaired) electrons. The first-order valence-corrected chi connectivity index (χ1v) is 9.97. The van der Waals surface area contributed by atoms with Gasteiger partial charge in [-0.15, -0.1) is 0 Å². The molecule has 1 heterocycles. The maximum absolute atomic E-state index is 5.79. The van der Waals surface area contributed by atoms with E-state index in [4.69, 9.17) is 9.26 Å². The van der Waals surface area contributed by atoms with Gasteiger partial charge in [0.1, 0.15) is 0 Å². The van der Waals surface area contributed by atoms with E-state index in [-0.39, 0.29) is 5.92 Å². The van der Waals surface area contributed by atoms with Crippen LogP contribution in [0.15, 0.2) is 39.8 Å². The number of benzene rings is 1. The van der Waals surface area contributed by atoms with Gasteiger partial charge in [-0.25, -0.2) is 0 Å². The Balaban J connectivity index is 1.57.